The van der Waals surface area contributed by atoms with Crippen LogP contribution in [0.5, 0.6) is 11.5 Å². The van der Waals surface area contributed by atoms with Crippen LogP contribution >= 0.6 is 11.3 Å². The third-order valence-corrected chi connectivity index (χ3v) is 7.57. The summed E-state index contributed by atoms with van der Waals surface area (Å²) in [5.74, 6) is 1.26. The predicted molar refractivity (Wildman–Crippen MR) is 121 cm³/mol. The molecule has 0 aliphatic carbocycles. The quantitative estimate of drug-likeness (QED) is 0.417. The van der Waals surface area contributed by atoms with E-state index in [9.17, 15) is 8.42 Å². The zero-order valence-corrected chi connectivity index (χ0v) is 18.8. The van der Waals surface area contributed by atoms with Crippen LogP contribution in [0.2, 0.25) is 0 Å². The maximum Gasteiger partial charge on any atom is 0.240 e. The molecule has 1 N–H and O–H groups in total. The van der Waals surface area contributed by atoms with Crippen LogP contribution in [0.3, 0.4) is 0 Å². The number of nitrogens with one attached hydrogen (secondary N) is 1. The van der Waals surface area contributed by atoms with Crippen molar-refractivity contribution in [3.05, 3.63) is 71.6 Å². The van der Waals surface area contributed by atoms with E-state index in [0.717, 1.165) is 10.4 Å². The van der Waals surface area contributed by atoms with E-state index in [1.165, 1.54) is 23.5 Å². The van der Waals surface area contributed by atoms with Gasteiger partial charge in [0, 0.05) is 6.07 Å². The molecule has 0 radical (unpaired) electrons. The topological polar surface area (TPSA) is 90.7 Å². The number of hydrogen-bond donors (Lipinski definition) is 1. The Labute approximate surface area is 189 Å². The molecule has 0 fully saturated rings. The molecule has 1 aliphatic heterocycles. The number of fused-ring (bicyclic) bond motifs is 1. The van der Waals surface area contributed by atoms with E-state index in [1.54, 1.807) is 6.07 Å². The Balaban J connectivity index is 1.57. The molecule has 164 valence electrons. The number of hydrogen-bond acceptors (Lipinski definition) is 8. The van der Waals surface area contributed by atoms with Crippen molar-refractivity contribution in [1.82, 2.24) is 4.98 Å². The molecular formula is C23H20N2O5S2. The highest BCUT2D eigenvalue weighted by Gasteiger charge is 2.31. The molecule has 0 saturated heterocycles. The first-order valence-electron chi connectivity index (χ1n) is 10.0. The summed E-state index contributed by atoms with van der Waals surface area (Å²) in [6.45, 7) is 2.73. The molecule has 0 saturated carbocycles. The average Bonchev–Trinajstić information content (AvgIpc) is 3.50. The molecular weight excluding hydrogens is 448 g/mol. The van der Waals surface area contributed by atoms with Gasteiger partial charge in [0.1, 0.15) is 13.2 Å². The van der Waals surface area contributed by atoms with Crippen LogP contribution in [0.4, 0.5) is 5.88 Å². The smallest absolute Gasteiger partial charge is 0.240 e. The summed E-state index contributed by atoms with van der Waals surface area (Å²) in [5, 5.41) is 4.90. The Bertz CT molecular complexity index is 1330. The van der Waals surface area contributed by atoms with Crippen LogP contribution in [-0.2, 0) is 9.84 Å². The van der Waals surface area contributed by atoms with Gasteiger partial charge in [0.15, 0.2) is 11.5 Å². The van der Waals surface area contributed by atoms with Crippen molar-refractivity contribution >= 4 is 27.1 Å². The van der Waals surface area contributed by atoms with E-state index < -0.39 is 9.84 Å². The minimum atomic E-state index is -4.00. The highest BCUT2D eigenvalue weighted by molar-refractivity contribution is 7.91. The Morgan fingerprint density at radius 2 is 1.78 bits per heavy atom. The molecule has 2 aromatic heterocycles. The summed E-state index contributed by atoms with van der Waals surface area (Å²) in [5.41, 5.74) is 0.990. The average molecular weight is 469 g/mol. The Morgan fingerprint density at radius 3 is 2.53 bits per heavy atom. The summed E-state index contributed by atoms with van der Waals surface area (Å²) in [6, 6.07) is 17.8. The van der Waals surface area contributed by atoms with Gasteiger partial charge < -0.3 is 19.2 Å². The Kier molecular flexibility index (Phi) is 5.36. The number of sulfone groups is 1. The number of rotatable bonds is 6. The number of ether oxygens (including phenoxy) is 2. The molecule has 3 heterocycles. The van der Waals surface area contributed by atoms with Crippen molar-refractivity contribution < 1.29 is 22.3 Å². The van der Waals surface area contributed by atoms with Crippen molar-refractivity contribution in [2.24, 2.45) is 0 Å². The third-order valence-electron chi connectivity index (χ3n) is 5.05. The van der Waals surface area contributed by atoms with Gasteiger partial charge >= 0.3 is 0 Å². The summed E-state index contributed by atoms with van der Waals surface area (Å²) >= 11 is 1.42. The maximum absolute atomic E-state index is 13.6. The molecule has 32 heavy (non-hydrogen) atoms. The van der Waals surface area contributed by atoms with Gasteiger partial charge in [-0.15, -0.1) is 11.3 Å². The summed E-state index contributed by atoms with van der Waals surface area (Å²) in [6.07, 6.45) is 0. The fourth-order valence-electron chi connectivity index (χ4n) is 3.41. The zero-order valence-electron chi connectivity index (χ0n) is 17.1. The molecule has 1 atom stereocenters. The van der Waals surface area contributed by atoms with Crippen molar-refractivity contribution in [3.8, 4) is 22.3 Å². The van der Waals surface area contributed by atoms with E-state index in [0.29, 0.717) is 24.7 Å². The number of nitrogens with zero attached hydrogens (tertiary/aromatic N) is 1. The van der Waals surface area contributed by atoms with Gasteiger partial charge in [0.05, 0.1) is 15.8 Å². The van der Waals surface area contributed by atoms with Crippen LogP contribution in [0.25, 0.3) is 10.8 Å². The lowest BCUT2D eigenvalue weighted by Gasteiger charge is -2.19. The molecule has 1 unspecified atom stereocenters. The van der Waals surface area contributed by atoms with Crippen LogP contribution in [0.15, 0.2) is 80.4 Å². The highest BCUT2D eigenvalue weighted by Crippen LogP contribution is 2.38. The monoisotopic (exact) mass is 468 g/mol. The molecule has 0 amide bonds. The summed E-state index contributed by atoms with van der Waals surface area (Å²) in [7, 11) is -4.00. The largest absolute Gasteiger partial charge is 0.486 e. The molecule has 5 rings (SSSR count). The van der Waals surface area contributed by atoms with Gasteiger partial charge in [-0.05, 0) is 36.1 Å². The highest BCUT2D eigenvalue weighted by atomic mass is 32.2. The molecule has 4 aromatic rings. The number of oxazole rings is 1. The molecule has 2 aromatic carbocycles. The van der Waals surface area contributed by atoms with Gasteiger partial charge in [-0.25, -0.2) is 8.42 Å². The molecule has 7 nitrogen and oxygen atoms in total. The maximum atomic E-state index is 13.6. The number of benzene rings is 2. The van der Waals surface area contributed by atoms with E-state index in [4.69, 9.17) is 13.9 Å². The van der Waals surface area contributed by atoms with Gasteiger partial charge in [-0.1, -0.05) is 36.4 Å². The lowest BCUT2D eigenvalue weighted by molar-refractivity contribution is 0.171. The second-order valence-corrected chi connectivity index (χ2v) is 10.0. The first-order valence-corrected chi connectivity index (χ1v) is 12.4. The van der Waals surface area contributed by atoms with Crippen LogP contribution < -0.4 is 14.8 Å². The number of anilines is 1. The van der Waals surface area contributed by atoms with Gasteiger partial charge in [0.25, 0.3) is 0 Å². The lowest BCUT2D eigenvalue weighted by atomic mass is 10.1. The van der Waals surface area contributed by atoms with Crippen molar-refractivity contribution in [1.29, 1.82) is 0 Å². The molecule has 1 aliphatic rings. The first-order chi connectivity index (χ1) is 15.5. The zero-order chi connectivity index (χ0) is 22.1. The van der Waals surface area contributed by atoms with Crippen molar-refractivity contribution in [3.63, 3.8) is 0 Å². The fourth-order valence-corrected chi connectivity index (χ4v) is 5.34. The van der Waals surface area contributed by atoms with E-state index >= 15 is 0 Å². The molecule has 0 spiro atoms. The van der Waals surface area contributed by atoms with E-state index in [1.807, 2.05) is 54.8 Å². The second kappa shape index (κ2) is 8.33. The third kappa shape index (κ3) is 3.85. The van der Waals surface area contributed by atoms with Crippen LogP contribution in [0.1, 0.15) is 18.5 Å². The van der Waals surface area contributed by atoms with E-state index in [2.05, 4.69) is 10.3 Å². The number of thiophene rings is 1. The standard InChI is InChI=1S/C23H20N2O5S2/c1-15(16-6-3-2-4-7-16)24-22-23(25-21(30-22)20-8-5-13-31-20)32(26,27)17-9-10-18-19(14-17)29-12-11-28-18/h2-10,13-15,24H,11-12H2,1H3. The predicted octanol–water partition coefficient (Wildman–Crippen LogP) is 5.18. The Morgan fingerprint density at radius 1 is 1.00 bits per heavy atom. The molecule has 9 heteroatoms. The van der Waals surface area contributed by atoms with Gasteiger partial charge in [0.2, 0.25) is 26.6 Å². The SMILES string of the molecule is CC(Nc1oc(-c2cccs2)nc1S(=O)(=O)c1ccc2c(c1)OCCO2)c1ccccc1. The van der Waals surface area contributed by atoms with Crippen molar-refractivity contribution in [2.75, 3.05) is 18.5 Å². The lowest BCUT2D eigenvalue weighted by Crippen LogP contribution is -2.16. The summed E-state index contributed by atoms with van der Waals surface area (Å²) < 4.78 is 44.2. The van der Waals surface area contributed by atoms with Crippen LogP contribution in [0, 0.1) is 0 Å². The normalized spacial score (nSPS) is 14.2. The van der Waals surface area contributed by atoms with Gasteiger partial charge in [-0.3, -0.25) is 0 Å². The van der Waals surface area contributed by atoms with Gasteiger partial charge in [-0.2, -0.15) is 4.98 Å². The number of aromatic nitrogens is 1. The first kappa shape index (κ1) is 20.6. The fraction of sp³-hybridized carbons (Fsp3) is 0.174. The summed E-state index contributed by atoms with van der Waals surface area (Å²) in [4.78, 5) is 5.18. The van der Waals surface area contributed by atoms with Crippen molar-refractivity contribution in [2.45, 2.75) is 22.9 Å². The minimum Gasteiger partial charge on any atom is -0.486 e. The Hall–Kier alpha value is -3.30. The van der Waals surface area contributed by atoms with Crippen LogP contribution in [-0.4, -0.2) is 26.6 Å². The minimum absolute atomic E-state index is 0.0585. The second-order valence-electron chi connectivity index (χ2n) is 7.22. The molecule has 0 bridgehead atoms. The van der Waals surface area contributed by atoms with E-state index in [-0.39, 0.29) is 27.7 Å².